The molecule has 0 aliphatic rings. The van der Waals surface area contributed by atoms with Crippen LogP contribution in [0.3, 0.4) is 0 Å². The van der Waals surface area contributed by atoms with Crippen molar-refractivity contribution in [1.82, 2.24) is 0 Å². The van der Waals surface area contributed by atoms with Crippen LogP contribution >= 0.6 is 34.8 Å². The van der Waals surface area contributed by atoms with Crippen LogP contribution in [0.4, 0.5) is 0 Å². The van der Waals surface area contributed by atoms with Crippen molar-refractivity contribution in [3.8, 4) is 0 Å². The number of aliphatic hydroxyl groups is 1. The normalized spacial score (nSPS) is 15.6. The van der Waals surface area contributed by atoms with Gasteiger partial charge in [0.2, 0.25) is 0 Å². The zero-order chi connectivity index (χ0) is 13.2. The van der Waals surface area contributed by atoms with Gasteiger partial charge < -0.3 is 5.11 Å². The summed E-state index contributed by atoms with van der Waals surface area (Å²) in [7, 11) is -3.55. The lowest BCUT2D eigenvalue weighted by Gasteiger charge is -2.18. The van der Waals surface area contributed by atoms with E-state index in [4.69, 9.17) is 34.8 Å². The third-order valence-corrected chi connectivity index (χ3v) is 5.64. The van der Waals surface area contributed by atoms with Gasteiger partial charge in [0.1, 0.15) is 6.10 Å². The average Bonchev–Trinajstić information content (AvgIpc) is 2.27. The van der Waals surface area contributed by atoms with E-state index in [0.29, 0.717) is 5.02 Å². The van der Waals surface area contributed by atoms with Gasteiger partial charge in [0.05, 0.1) is 0 Å². The highest BCUT2D eigenvalue weighted by molar-refractivity contribution is 7.93. The van der Waals surface area contributed by atoms with Crippen molar-refractivity contribution >= 4 is 44.6 Å². The van der Waals surface area contributed by atoms with E-state index < -0.39 is 20.7 Å². The highest BCUT2D eigenvalue weighted by Gasteiger charge is 2.31. The van der Waals surface area contributed by atoms with Gasteiger partial charge in [-0.3, -0.25) is 0 Å². The smallest absolute Gasteiger partial charge is 0.169 e. The Balaban J connectivity index is 3.09. The molecule has 0 fully saturated rings. The maximum absolute atomic E-state index is 11.5. The number of alkyl halides is 1. The third kappa shape index (κ3) is 3.48. The Morgan fingerprint density at radius 3 is 2.41 bits per heavy atom. The van der Waals surface area contributed by atoms with Crippen LogP contribution in [0.1, 0.15) is 18.6 Å². The molecule has 0 aromatic heterocycles. The van der Waals surface area contributed by atoms with Crippen molar-refractivity contribution in [2.75, 3.05) is 5.75 Å². The zero-order valence-corrected chi connectivity index (χ0v) is 12.0. The lowest BCUT2D eigenvalue weighted by molar-refractivity contribution is 0.192. The summed E-state index contributed by atoms with van der Waals surface area (Å²) in [5.41, 5.74) is 0.244. The molecule has 3 nitrogen and oxygen atoms in total. The molecule has 1 aromatic rings. The molecule has 0 spiro atoms. The minimum Gasteiger partial charge on any atom is -0.386 e. The third-order valence-electron chi connectivity index (χ3n) is 2.27. The van der Waals surface area contributed by atoms with Crippen molar-refractivity contribution < 1.29 is 13.5 Å². The van der Waals surface area contributed by atoms with E-state index in [1.807, 2.05) is 0 Å². The molecular formula is C10H11Cl3O3S. The fraction of sp³-hybridized carbons (Fsp3) is 0.400. The first kappa shape index (κ1) is 15.1. The number of rotatable bonds is 4. The lowest BCUT2D eigenvalue weighted by Crippen LogP contribution is -2.24. The van der Waals surface area contributed by atoms with Crippen LogP contribution in [0.5, 0.6) is 0 Å². The average molecular weight is 318 g/mol. The fourth-order valence-electron chi connectivity index (χ4n) is 1.24. The summed E-state index contributed by atoms with van der Waals surface area (Å²) in [5.74, 6) is -0.149. The van der Waals surface area contributed by atoms with Crippen molar-refractivity contribution in [3.05, 3.63) is 33.8 Å². The summed E-state index contributed by atoms with van der Waals surface area (Å²) < 4.78 is 21.6. The number of hydrogen-bond acceptors (Lipinski definition) is 3. The Morgan fingerprint density at radius 2 is 1.94 bits per heavy atom. The Morgan fingerprint density at radius 1 is 1.35 bits per heavy atom. The van der Waals surface area contributed by atoms with E-state index in [1.54, 1.807) is 0 Å². The van der Waals surface area contributed by atoms with E-state index in [-0.39, 0.29) is 16.3 Å². The van der Waals surface area contributed by atoms with Crippen LogP contribution in [0.25, 0.3) is 0 Å². The maximum Gasteiger partial charge on any atom is 0.169 e. The molecule has 1 aromatic carbocycles. The SMILES string of the molecule is CCS(=O)(=O)C(Cl)C(O)c1ccc(Cl)cc1Cl. The van der Waals surface area contributed by atoms with Crippen LogP contribution in [-0.2, 0) is 9.84 Å². The highest BCUT2D eigenvalue weighted by atomic mass is 35.5. The molecule has 0 aliphatic carbocycles. The second kappa shape index (κ2) is 5.76. The summed E-state index contributed by atoms with van der Waals surface area (Å²) in [6, 6.07) is 4.38. The van der Waals surface area contributed by atoms with Gasteiger partial charge in [-0.1, -0.05) is 36.2 Å². The number of hydrogen-bond donors (Lipinski definition) is 1. The molecule has 0 amide bonds. The molecule has 0 saturated heterocycles. The Bertz CT molecular complexity index is 502. The van der Waals surface area contributed by atoms with E-state index in [0.717, 1.165) is 0 Å². The van der Waals surface area contributed by atoms with Crippen LogP contribution < -0.4 is 0 Å². The summed E-state index contributed by atoms with van der Waals surface area (Å²) in [6.07, 6.45) is -1.38. The van der Waals surface area contributed by atoms with Crippen LogP contribution in [-0.4, -0.2) is 24.0 Å². The first-order chi connectivity index (χ1) is 7.79. The van der Waals surface area contributed by atoms with E-state index >= 15 is 0 Å². The molecule has 0 heterocycles. The second-order valence-corrected chi connectivity index (χ2v) is 7.40. The van der Waals surface area contributed by atoms with Crippen molar-refractivity contribution in [2.45, 2.75) is 17.7 Å². The highest BCUT2D eigenvalue weighted by Crippen LogP contribution is 2.32. The Hall–Kier alpha value is -0.000000000000000111. The molecule has 0 aliphatic heterocycles. The quantitative estimate of drug-likeness (QED) is 0.869. The summed E-state index contributed by atoms with van der Waals surface area (Å²) in [5, 5.41) is 10.5. The standard InChI is InChI=1S/C10H11Cl3O3S/c1-2-17(15,16)10(13)9(14)7-4-3-6(11)5-8(7)12/h3-5,9-10,14H,2H2,1H3. The zero-order valence-electron chi connectivity index (χ0n) is 8.90. The number of benzene rings is 1. The summed E-state index contributed by atoms with van der Waals surface area (Å²) in [4.78, 5) is 0. The molecule has 0 saturated carbocycles. The summed E-state index contributed by atoms with van der Waals surface area (Å²) in [6.45, 7) is 1.46. The Labute approximate surface area is 115 Å². The molecule has 2 atom stereocenters. The van der Waals surface area contributed by atoms with Gasteiger partial charge in [-0.2, -0.15) is 0 Å². The minimum atomic E-state index is -3.55. The van der Waals surface area contributed by atoms with Gasteiger partial charge in [0.15, 0.2) is 14.5 Å². The lowest BCUT2D eigenvalue weighted by atomic mass is 10.1. The number of halogens is 3. The predicted octanol–water partition coefficient (Wildman–Crippen LogP) is 3.03. The first-order valence-electron chi connectivity index (χ1n) is 4.78. The molecule has 1 rings (SSSR count). The van der Waals surface area contributed by atoms with Gasteiger partial charge in [0.25, 0.3) is 0 Å². The van der Waals surface area contributed by atoms with E-state index in [1.165, 1.54) is 25.1 Å². The second-order valence-electron chi connectivity index (χ2n) is 3.41. The van der Waals surface area contributed by atoms with Crippen LogP contribution in [0.15, 0.2) is 18.2 Å². The molecule has 1 N–H and O–H groups in total. The molecule has 96 valence electrons. The monoisotopic (exact) mass is 316 g/mol. The van der Waals surface area contributed by atoms with Crippen molar-refractivity contribution in [3.63, 3.8) is 0 Å². The minimum absolute atomic E-state index is 0.149. The molecule has 7 heteroatoms. The first-order valence-corrected chi connectivity index (χ1v) is 7.69. The van der Waals surface area contributed by atoms with Crippen LogP contribution in [0.2, 0.25) is 10.0 Å². The van der Waals surface area contributed by atoms with E-state index in [9.17, 15) is 13.5 Å². The number of sulfone groups is 1. The maximum atomic E-state index is 11.5. The predicted molar refractivity (Wildman–Crippen MR) is 70.5 cm³/mol. The fourth-order valence-corrected chi connectivity index (χ4v) is 3.13. The molecule has 2 unspecified atom stereocenters. The molecule has 17 heavy (non-hydrogen) atoms. The van der Waals surface area contributed by atoms with Gasteiger partial charge >= 0.3 is 0 Å². The van der Waals surface area contributed by atoms with Gasteiger partial charge in [0, 0.05) is 21.4 Å². The topological polar surface area (TPSA) is 54.4 Å². The largest absolute Gasteiger partial charge is 0.386 e. The van der Waals surface area contributed by atoms with Gasteiger partial charge in [-0.15, -0.1) is 11.6 Å². The van der Waals surface area contributed by atoms with Crippen molar-refractivity contribution in [2.24, 2.45) is 0 Å². The van der Waals surface area contributed by atoms with Crippen molar-refractivity contribution in [1.29, 1.82) is 0 Å². The Kier molecular flexibility index (Phi) is 5.10. The molecular weight excluding hydrogens is 307 g/mol. The summed E-state index contributed by atoms with van der Waals surface area (Å²) >= 11 is 17.3. The van der Waals surface area contributed by atoms with Crippen LogP contribution in [0, 0.1) is 0 Å². The van der Waals surface area contributed by atoms with Gasteiger partial charge in [-0.05, 0) is 12.1 Å². The van der Waals surface area contributed by atoms with E-state index in [2.05, 4.69) is 0 Å². The number of aliphatic hydroxyl groups excluding tert-OH is 1. The van der Waals surface area contributed by atoms with Gasteiger partial charge in [-0.25, -0.2) is 8.42 Å². The molecule has 0 radical (unpaired) electrons. The molecule has 0 bridgehead atoms.